The number of nitrogens with one attached hydrogen (secondary N) is 3. The fourth-order valence-corrected chi connectivity index (χ4v) is 11.0. The summed E-state index contributed by atoms with van der Waals surface area (Å²) in [5, 5.41) is 24.8. The van der Waals surface area contributed by atoms with Gasteiger partial charge in [-0.05, 0) is 154 Å². The molecule has 0 radical (unpaired) electrons. The van der Waals surface area contributed by atoms with E-state index in [0.29, 0.717) is 58.3 Å². The zero-order valence-electron chi connectivity index (χ0n) is 49.3. The SMILES string of the molecule is CC(C)C[C@@H](NC(=O)OC(C)(C)C)C(=O)NC1Cc2cccc(N3CCCC3=O)c2N(Cc2ccsc2)C1=O.CC(C)C[C@@H](NC(=O)OC(C)(C)C)C(=O)O.C[S](Cl)=[W].NC1Cc2cccc(N3CCCC3=O)c2N(Cc2ccsc2)C1=O. The van der Waals surface area contributed by atoms with Crippen molar-refractivity contribution in [2.75, 3.05) is 38.9 Å². The van der Waals surface area contributed by atoms with Gasteiger partial charge in [0.15, 0.2) is 0 Å². The molecule has 0 saturated carbocycles. The predicted molar refractivity (Wildman–Crippen MR) is 327 cm³/mol. The van der Waals surface area contributed by atoms with E-state index < -0.39 is 59.4 Å². The zero-order chi connectivity index (χ0) is 61.5. The molecule has 4 aliphatic rings. The second-order valence-corrected chi connectivity index (χ2v) is 34.7. The van der Waals surface area contributed by atoms with E-state index in [4.69, 9.17) is 31.0 Å². The molecule has 2 saturated heterocycles. The number of carboxylic acids is 1. The largest absolute Gasteiger partial charge is 0.320 e. The third-order valence-corrected chi connectivity index (χ3v) is 14.5. The zero-order valence-corrected chi connectivity index (χ0v) is 55.4. The number of carboxylic acid groups (broad SMARTS) is 1. The second-order valence-electron chi connectivity index (χ2n) is 23.4. The maximum atomic E-state index is 14.0. The number of hydrogen-bond donors (Lipinski definition) is 5. The van der Waals surface area contributed by atoms with Crippen LogP contribution in [0.1, 0.15) is 130 Å². The van der Waals surface area contributed by atoms with E-state index in [0.717, 1.165) is 57.8 Å². The van der Waals surface area contributed by atoms with Crippen molar-refractivity contribution in [2.24, 2.45) is 17.6 Å². The molecule has 454 valence electrons. The van der Waals surface area contributed by atoms with Crippen LogP contribution in [0.25, 0.3) is 0 Å². The molecule has 2 aromatic carbocycles. The minimum Gasteiger partial charge on any atom is -0.320 e. The fourth-order valence-electron chi connectivity index (χ4n) is 9.71. The van der Waals surface area contributed by atoms with Gasteiger partial charge in [0.2, 0.25) is 29.5 Å². The molecular weight excluding hydrogens is 1310 g/mol. The van der Waals surface area contributed by atoms with Crippen LogP contribution in [0.15, 0.2) is 70.1 Å². The summed E-state index contributed by atoms with van der Waals surface area (Å²) >= 11 is 4.62. The average Bonchev–Trinajstić information content (AvgIpc) is 2.59. The van der Waals surface area contributed by atoms with Crippen LogP contribution in [0.2, 0.25) is 0 Å². The van der Waals surface area contributed by atoms with Gasteiger partial charge < -0.3 is 55.9 Å². The van der Waals surface area contributed by atoms with Crippen molar-refractivity contribution < 1.29 is 70.9 Å². The Hall–Kier alpha value is -5.51. The molecule has 2 fully saturated rings. The number of para-hydroxylation sites is 2. The smallest absolute Gasteiger partial charge is 0.244 e. The number of hydrogen-bond acceptors (Lipinski definition) is 13. The Morgan fingerprint density at radius 2 is 1.13 bits per heavy atom. The Bertz CT molecular complexity index is 2930. The molecule has 4 aromatic rings. The third-order valence-electron chi connectivity index (χ3n) is 13.0. The van der Waals surface area contributed by atoms with Crippen LogP contribution in [-0.2, 0) is 82.2 Å². The van der Waals surface area contributed by atoms with E-state index in [2.05, 4.69) is 16.0 Å². The molecular formula is C59H81ClN8O11S3W. The molecule has 83 heavy (non-hydrogen) atoms. The van der Waals surface area contributed by atoms with Crippen LogP contribution in [0.4, 0.5) is 32.3 Å². The summed E-state index contributed by atoms with van der Waals surface area (Å²) < 4.78 is 10.4. The summed E-state index contributed by atoms with van der Waals surface area (Å²) in [7, 11) is 5.53. The second kappa shape index (κ2) is 31.0. The Kier molecular flexibility index (Phi) is 25.5. The Morgan fingerprint density at radius 1 is 0.711 bits per heavy atom. The molecule has 0 aliphatic carbocycles. The van der Waals surface area contributed by atoms with E-state index in [1.807, 2.05) is 109 Å². The average molecular weight is 1390 g/mol. The topological polar surface area (TPSA) is 250 Å². The minimum atomic E-state index is -1.04. The van der Waals surface area contributed by atoms with E-state index in [1.165, 1.54) is 18.0 Å². The number of carbonyl (C=O) groups excluding carboxylic acids is 7. The van der Waals surface area contributed by atoms with E-state index in [1.54, 1.807) is 78.9 Å². The van der Waals surface area contributed by atoms with Crippen molar-refractivity contribution in [3.05, 3.63) is 92.3 Å². The van der Waals surface area contributed by atoms with Crippen molar-refractivity contribution in [1.29, 1.82) is 0 Å². The molecule has 8 rings (SSSR count). The Labute approximate surface area is 512 Å². The molecule has 24 heteroatoms. The number of anilines is 4. The van der Waals surface area contributed by atoms with E-state index >= 15 is 0 Å². The number of alkyl carbamates (subject to hydrolysis) is 2. The summed E-state index contributed by atoms with van der Waals surface area (Å²) in [6.07, 6.45) is 4.91. The van der Waals surface area contributed by atoms with Gasteiger partial charge in [0, 0.05) is 32.4 Å². The molecule has 5 atom stereocenters. The van der Waals surface area contributed by atoms with E-state index in [-0.39, 0.29) is 49.2 Å². The van der Waals surface area contributed by atoms with Gasteiger partial charge in [0.05, 0.1) is 41.9 Å². The molecule has 6 N–H and O–H groups in total. The number of carbonyl (C=O) groups is 8. The normalized spacial score (nSPS) is 17.9. The third kappa shape index (κ3) is 20.9. The number of rotatable bonds is 15. The van der Waals surface area contributed by atoms with Gasteiger partial charge in [0.25, 0.3) is 0 Å². The van der Waals surface area contributed by atoms with Gasteiger partial charge >= 0.3 is 60.4 Å². The first-order valence-electron chi connectivity index (χ1n) is 27.7. The number of halogens is 1. The number of thiophene rings is 2. The molecule has 4 aliphatic heterocycles. The quantitative estimate of drug-likeness (QED) is 0.0746. The predicted octanol–water partition coefficient (Wildman–Crippen LogP) is 10.2. The van der Waals surface area contributed by atoms with E-state index in [9.17, 15) is 38.4 Å². The number of fused-ring (bicyclic) bond motifs is 2. The molecule has 19 nitrogen and oxygen atoms in total. The summed E-state index contributed by atoms with van der Waals surface area (Å²) in [5.74, 6) is -1.32. The van der Waals surface area contributed by atoms with Crippen LogP contribution in [0.5, 0.6) is 0 Å². The summed E-state index contributed by atoms with van der Waals surface area (Å²) in [4.78, 5) is 107. The number of nitrogens with two attached hydrogens (primary N) is 1. The summed E-state index contributed by atoms with van der Waals surface area (Å²) in [6, 6.07) is 12.5. The molecule has 2 aromatic heterocycles. The minimum absolute atomic E-state index is 0.0477. The Balaban J connectivity index is 0.000000243. The number of nitrogens with zero attached hydrogens (tertiary/aromatic N) is 4. The van der Waals surface area contributed by atoms with Crippen LogP contribution in [0.3, 0.4) is 0 Å². The summed E-state index contributed by atoms with van der Waals surface area (Å²) in [6.45, 7) is 20.3. The first-order chi connectivity index (χ1) is 38.9. The monoisotopic (exact) mass is 1390 g/mol. The van der Waals surface area contributed by atoms with Gasteiger partial charge in [-0.25, -0.2) is 14.4 Å². The van der Waals surface area contributed by atoms with Gasteiger partial charge in [-0.15, -0.1) is 0 Å². The van der Waals surface area contributed by atoms with Crippen LogP contribution >= 0.6 is 40.7 Å². The van der Waals surface area contributed by atoms with Crippen molar-refractivity contribution in [2.45, 2.75) is 169 Å². The van der Waals surface area contributed by atoms with Crippen molar-refractivity contribution in [1.82, 2.24) is 16.0 Å². The molecule has 6 heterocycles. The molecule has 3 unspecified atom stereocenters. The van der Waals surface area contributed by atoms with Crippen molar-refractivity contribution in [3.8, 4) is 0 Å². The Morgan fingerprint density at radius 3 is 1.52 bits per heavy atom. The van der Waals surface area contributed by atoms with Crippen molar-refractivity contribution in [3.63, 3.8) is 0 Å². The summed E-state index contributed by atoms with van der Waals surface area (Å²) in [5.41, 5.74) is 11.9. The standard InChI is InChI=1S/C29H38N4O5S.C18H19N3O2S.C11H21NO4.CH3ClS.W/c1-18(2)14-21(31-28(37)38-29(3,4)5)26(35)30-22-15-20-8-6-9-23(32-12-7-10-24(32)34)25(20)33(27(22)36)16-19-11-13-39-17-19;19-14-9-13-3-1-4-15(20-7-2-5-16(20)22)17(13)21(18(14)23)10-12-6-8-24-11-12;1-7(2)6-8(9(13)14)12-10(15)16-11(3,4)5;1-3-2;/h6,8-9,11,13,17-18,21-22H,7,10,12,14-16H2,1-5H3,(H,30,35)(H,31,37);1,3-4,6,8,11,14H,2,5,7,9-10,19H2;7-8H,6H2,1-5H3,(H,12,15)(H,13,14);1H3;/t21-,22?;;8-;;/m1.1../s1. The number of benzene rings is 2. The number of ether oxygens (including phenoxy) is 2. The number of amides is 7. The van der Waals surface area contributed by atoms with Gasteiger partial charge in [0.1, 0.15) is 29.3 Å². The maximum Gasteiger partial charge on any atom is 0.244 e. The fraction of sp³-hybridized carbons (Fsp3) is 0.525. The van der Waals surface area contributed by atoms with Crippen LogP contribution in [-0.4, -0.2) is 108 Å². The van der Waals surface area contributed by atoms with Crippen molar-refractivity contribution >= 4 is 111 Å². The molecule has 0 spiro atoms. The van der Waals surface area contributed by atoms with Gasteiger partial charge in [-0.1, -0.05) is 52.0 Å². The van der Waals surface area contributed by atoms with Gasteiger partial charge in [-0.2, -0.15) is 22.7 Å². The molecule has 7 amide bonds. The van der Waals surface area contributed by atoms with Crippen LogP contribution in [0, 0.1) is 11.8 Å². The number of aliphatic carboxylic acids is 1. The first-order valence-corrected chi connectivity index (χ1v) is 35.6. The first kappa shape index (κ1) is 68.3. The van der Waals surface area contributed by atoms with Crippen LogP contribution < -0.4 is 41.3 Å². The molecule has 0 bridgehead atoms. The maximum absolute atomic E-state index is 14.0. The van der Waals surface area contributed by atoms with Gasteiger partial charge in [-0.3, -0.25) is 24.0 Å².